The molecule has 0 saturated carbocycles. The van der Waals surface area contributed by atoms with Crippen molar-refractivity contribution < 1.29 is 23.5 Å². The minimum atomic E-state index is -0.420. The monoisotopic (exact) mass is 442 g/mol. The molecule has 0 saturated heterocycles. The van der Waals surface area contributed by atoms with Crippen molar-refractivity contribution >= 4 is 28.9 Å². The van der Waals surface area contributed by atoms with E-state index < -0.39 is 11.9 Å². The zero-order chi connectivity index (χ0) is 23.4. The molecule has 0 bridgehead atoms. The Morgan fingerprint density at radius 1 is 0.970 bits per heavy atom. The van der Waals surface area contributed by atoms with E-state index in [0.29, 0.717) is 28.4 Å². The molecular weight excluding hydrogens is 420 g/mol. The summed E-state index contributed by atoms with van der Waals surface area (Å²) < 4.78 is 16.0. The molecule has 0 fully saturated rings. The van der Waals surface area contributed by atoms with Gasteiger partial charge in [-0.25, -0.2) is 10.2 Å². The highest BCUT2D eigenvalue weighted by atomic mass is 16.5. The second kappa shape index (κ2) is 9.40. The number of furan rings is 1. The topological polar surface area (TPSA) is 90.1 Å². The van der Waals surface area contributed by atoms with E-state index in [2.05, 4.69) is 10.5 Å². The van der Waals surface area contributed by atoms with Crippen LogP contribution in [0.15, 0.2) is 76.2 Å². The number of hydrazone groups is 1. The van der Waals surface area contributed by atoms with Gasteiger partial charge in [0.1, 0.15) is 17.3 Å². The van der Waals surface area contributed by atoms with Gasteiger partial charge in [0.15, 0.2) is 0 Å². The Kier molecular flexibility index (Phi) is 6.22. The fourth-order valence-corrected chi connectivity index (χ4v) is 3.48. The highest BCUT2D eigenvalue weighted by molar-refractivity contribution is 6.02. The zero-order valence-electron chi connectivity index (χ0n) is 18.4. The van der Waals surface area contributed by atoms with E-state index in [-0.39, 0.29) is 0 Å². The summed E-state index contributed by atoms with van der Waals surface area (Å²) in [6, 6.07) is 20.0. The maximum absolute atomic E-state index is 12.7. The maximum atomic E-state index is 12.7. The van der Waals surface area contributed by atoms with E-state index in [4.69, 9.17) is 13.9 Å². The molecule has 0 atom stereocenters. The van der Waals surface area contributed by atoms with E-state index in [1.54, 1.807) is 30.3 Å². The number of benzene rings is 3. The van der Waals surface area contributed by atoms with Crippen molar-refractivity contribution in [3.05, 3.63) is 89.2 Å². The number of rotatable bonds is 6. The number of hydrogen-bond acceptors (Lipinski definition) is 6. The molecule has 7 heteroatoms. The molecule has 0 radical (unpaired) electrons. The van der Waals surface area contributed by atoms with Crippen LogP contribution in [-0.4, -0.2) is 32.3 Å². The molecule has 166 valence electrons. The lowest BCUT2D eigenvalue weighted by molar-refractivity contribution is 0.0600. The van der Waals surface area contributed by atoms with Crippen LogP contribution in [0.1, 0.15) is 32.0 Å². The fourth-order valence-electron chi connectivity index (χ4n) is 3.48. The van der Waals surface area contributed by atoms with Crippen LogP contribution in [0.2, 0.25) is 0 Å². The number of nitrogens with zero attached hydrogens (tertiary/aromatic N) is 1. The molecule has 4 aromatic rings. The number of carbonyl (C=O) groups is 2. The summed E-state index contributed by atoms with van der Waals surface area (Å²) in [6.07, 6.45) is 1.41. The third kappa shape index (κ3) is 4.62. The van der Waals surface area contributed by atoms with Crippen molar-refractivity contribution in [2.75, 3.05) is 14.2 Å². The van der Waals surface area contributed by atoms with Crippen LogP contribution in [0.5, 0.6) is 5.75 Å². The van der Waals surface area contributed by atoms with Crippen molar-refractivity contribution in [2.24, 2.45) is 5.10 Å². The summed E-state index contributed by atoms with van der Waals surface area (Å²) in [5.41, 5.74) is 5.03. The fraction of sp³-hybridized carbons (Fsp3) is 0.115. The van der Waals surface area contributed by atoms with Crippen molar-refractivity contribution in [2.45, 2.75) is 6.92 Å². The number of nitrogens with one attached hydrogen (secondary N) is 1. The molecule has 0 spiro atoms. The molecule has 33 heavy (non-hydrogen) atoms. The largest absolute Gasteiger partial charge is 0.496 e. The Morgan fingerprint density at radius 3 is 2.45 bits per heavy atom. The SMILES string of the molecule is COC(=O)c1ccc(C)c(-c2ccc(/C=N\NC(=O)c3cc4ccccc4cc3OC)o2)c1. The summed E-state index contributed by atoms with van der Waals surface area (Å²) in [4.78, 5) is 24.5. The minimum Gasteiger partial charge on any atom is -0.496 e. The Balaban J connectivity index is 1.51. The van der Waals surface area contributed by atoms with Crippen LogP contribution in [0.25, 0.3) is 22.1 Å². The lowest BCUT2D eigenvalue weighted by Gasteiger charge is -2.09. The molecule has 0 aliphatic heterocycles. The van der Waals surface area contributed by atoms with E-state index >= 15 is 0 Å². The molecule has 7 nitrogen and oxygen atoms in total. The number of carbonyl (C=O) groups excluding carboxylic acids is 2. The Morgan fingerprint density at radius 2 is 1.73 bits per heavy atom. The summed E-state index contributed by atoms with van der Waals surface area (Å²) in [6.45, 7) is 1.92. The van der Waals surface area contributed by atoms with E-state index in [1.165, 1.54) is 20.4 Å². The van der Waals surface area contributed by atoms with Gasteiger partial charge in [0.2, 0.25) is 0 Å². The Hall–Kier alpha value is -4.39. The summed E-state index contributed by atoms with van der Waals surface area (Å²) in [5, 5.41) is 5.91. The van der Waals surface area contributed by atoms with Crippen molar-refractivity contribution in [3.63, 3.8) is 0 Å². The molecule has 3 aromatic carbocycles. The number of amides is 1. The molecule has 0 aliphatic rings. The standard InChI is InChI=1S/C26H22N2O5/c1-16-8-9-19(26(30)32-3)13-21(16)23-11-10-20(33-23)15-27-28-25(29)22-12-17-6-4-5-7-18(17)14-24(22)31-2/h4-15H,1-3H3,(H,28,29)/b27-15-. The van der Waals surface area contributed by atoms with E-state index in [0.717, 1.165) is 21.9 Å². The van der Waals surface area contributed by atoms with Crippen LogP contribution < -0.4 is 10.2 Å². The molecular formula is C26H22N2O5. The average molecular weight is 442 g/mol. The second-order valence-electron chi connectivity index (χ2n) is 7.32. The first-order valence-electron chi connectivity index (χ1n) is 10.2. The van der Waals surface area contributed by atoms with Gasteiger partial charge in [-0.15, -0.1) is 0 Å². The molecule has 1 aromatic heterocycles. The quantitative estimate of drug-likeness (QED) is 0.259. The van der Waals surface area contributed by atoms with Crippen molar-refractivity contribution in [3.8, 4) is 17.1 Å². The first-order valence-corrected chi connectivity index (χ1v) is 10.2. The van der Waals surface area contributed by atoms with Gasteiger partial charge < -0.3 is 13.9 Å². The molecule has 0 aliphatic carbocycles. The number of methoxy groups -OCH3 is 2. The summed E-state index contributed by atoms with van der Waals surface area (Å²) in [5.74, 6) is 0.655. The Labute approximate surface area is 190 Å². The van der Waals surface area contributed by atoms with Crippen LogP contribution in [0, 0.1) is 6.92 Å². The predicted molar refractivity (Wildman–Crippen MR) is 126 cm³/mol. The normalized spacial score (nSPS) is 11.0. The van der Waals surface area contributed by atoms with E-state index in [1.807, 2.05) is 43.3 Å². The van der Waals surface area contributed by atoms with Crippen LogP contribution >= 0.6 is 0 Å². The summed E-state index contributed by atoms with van der Waals surface area (Å²) >= 11 is 0. The average Bonchev–Trinajstić information content (AvgIpc) is 3.31. The lowest BCUT2D eigenvalue weighted by Crippen LogP contribution is -2.18. The van der Waals surface area contributed by atoms with E-state index in [9.17, 15) is 9.59 Å². The highest BCUT2D eigenvalue weighted by Crippen LogP contribution is 2.27. The van der Waals surface area contributed by atoms with Gasteiger partial charge in [-0.1, -0.05) is 30.3 Å². The van der Waals surface area contributed by atoms with Gasteiger partial charge in [-0.05, 0) is 59.7 Å². The second-order valence-corrected chi connectivity index (χ2v) is 7.32. The number of fused-ring (bicyclic) bond motifs is 1. The van der Waals surface area contributed by atoms with Crippen LogP contribution in [-0.2, 0) is 4.74 Å². The highest BCUT2D eigenvalue weighted by Gasteiger charge is 2.14. The van der Waals surface area contributed by atoms with Gasteiger partial charge in [0.25, 0.3) is 5.91 Å². The minimum absolute atomic E-state index is 0.378. The van der Waals surface area contributed by atoms with Gasteiger partial charge in [0.05, 0.1) is 31.6 Å². The van der Waals surface area contributed by atoms with Gasteiger partial charge >= 0.3 is 5.97 Å². The van der Waals surface area contributed by atoms with Gasteiger partial charge in [0, 0.05) is 5.56 Å². The number of esters is 1. The van der Waals surface area contributed by atoms with Gasteiger partial charge in [-0.3, -0.25) is 4.79 Å². The molecule has 1 heterocycles. The first-order chi connectivity index (χ1) is 16.0. The van der Waals surface area contributed by atoms with Crippen LogP contribution in [0.3, 0.4) is 0 Å². The molecule has 1 N–H and O–H groups in total. The summed E-state index contributed by atoms with van der Waals surface area (Å²) in [7, 11) is 2.86. The third-order valence-electron chi connectivity index (χ3n) is 5.22. The van der Waals surface area contributed by atoms with Crippen LogP contribution in [0.4, 0.5) is 0 Å². The molecule has 0 unspecified atom stereocenters. The lowest BCUT2D eigenvalue weighted by atomic mass is 10.0. The Bertz CT molecular complexity index is 1370. The van der Waals surface area contributed by atoms with Crippen molar-refractivity contribution in [1.29, 1.82) is 0 Å². The predicted octanol–water partition coefficient (Wildman–Crippen LogP) is 4.97. The molecule has 1 amide bonds. The van der Waals surface area contributed by atoms with Gasteiger partial charge in [-0.2, -0.15) is 5.10 Å². The number of hydrogen-bond donors (Lipinski definition) is 1. The number of ether oxygens (including phenoxy) is 2. The third-order valence-corrected chi connectivity index (χ3v) is 5.22. The van der Waals surface area contributed by atoms with Crippen molar-refractivity contribution in [1.82, 2.24) is 5.43 Å². The first kappa shape index (κ1) is 21.8. The smallest absolute Gasteiger partial charge is 0.337 e. The zero-order valence-corrected chi connectivity index (χ0v) is 18.4. The number of aryl methyl sites for hydroxylation is 1. The maximum Gasteiger partial charge on any atom is 0.337 e. The molecule has 4 rings (SSSR count).